The SMILES string of the molecule is CCN(CCC(F)(F)F)C(=O)CCCCOc1cccc(C#N)c1. The van der Waals surface area contributed by atoms with Crippen molar-refractivity contribution in [1.82, 2.24) is 4.90 Å². The van der Waals surface area contributed by atoms with E-state index in [0.29, 0.717) is 30.8 Å². The molecule has 0 unspecified atom stereocenters. The fourth-order valence-corrected chi connectivity index (χ4v) is 2.10. The maximum atomic E-state index is 12.2. The van der Waals surface area contributed by atoms with Crippen LogP contribution in [0, 0.1) is 11.3 Å². The van der Waals surface area contributed by atoms with Crippen molar-refractivity contribution < 1.29 is 22.7 Å². The standard InChI is InChI=1S/C17H21F3N2O2/c1-2-22(10-9-17(18,19)20)16(23)8-3-4-11-24-15-7-5-6-14(12-15)13-21/h5-7,12H,2-4,8-11H2,1H3. The first-order valence-electron chi connectivity index (χ1n) is 7.83. The van der Waals surface area contributed by atoms with E-state index in [0.717, 1.165) is 0 Å². The van der Waals surface area contributed by atoms with Gasteiger partial charge in [-0.1, -0.05) is 6.07 Å². The molecule has 0 aliphatic carbocycles. The van der Waals surface area contributed by atoms with Crippen LogP contribution in [0.15, 0.2) is 24.3 Å². The summed E-state index contributed by atoms with van der Waals surface area (Å²) in [5, 5.41) is 8.78. The van der Waals surface area contributed by atoms with E-state index in [2.05, 4.69) is 0 Å². The highest BCUT2D eigenvalue weighted by atomic mass is 19.4. The first-order valence-corrected chi connectivity index (χ1v) is 7.83. The minimum Gasteiger partial charge on any atom is -0.494 e. The van der Waals surface area contributed by atoms with Gasteiger partial charge in [-0.2, -0.15) is 18.4 Å². The number of nitrogens with zero attached hydrogens (tertiary/aromatic N) is 2. The van der Waals surface area contributed by atoms with Gasteiger partial charge >= 0.3 is 6.18 Å². The lowest BCUT2D eigenvalue weighted by Crippen LogP contribution is -2.33. The van der Waals surface area contributed by atoms with Gasteiger partial charge in [-0.05, 0) is 38.0 Å². The number of carbonyl (C=O) groups is 1. The van der Waals surface area contributed by atoms with Crippen LogP contribution in [0.25, 0.3) is 0 Å². The van der Waals surface area contributed by atoms with Crippen molar-refractivity contribution in [1.29, 1.82) is 5.26 Å². The molecule has 1 amide bonds. The van der Waals surface area contributed by atoms with Crippen LogP contribution in [-0.4, -0.2) is 36.7 Å². The van der Waals surface area contributed by atoms with Gasteiger partial charge in [0.05, 0.1) is 24.7 Å². The highest BCUT2D eigenvalue weighted by Gasteiger charge is 2.28. The molecule has 0 radical (unpaired) electrons. The first kappa shape index (κ1) is 19.8. The van der Waals surface area contributed by atoms with E-state index in [1.807, 2.05) is 6.07 Å². The summed E-state index contributed by atoms with van der Waals surface area (Å²) in [5.41, 5.74) is 0.505. The molecule has 0 spiro atoms. The first-order chi connectivity index (χ1) is 11.4. The van der Waals surface area contributed by atoms with E-state index in [4.69, 9.17) is 10.00 Å². The fraction of sp³-hybridized carbons (Fsp3) is 0.529. The molecular weight excluding hydrogens is 321 g/mol. The van der Waals surface area contributed by atoms with Crippen LogP contribution in [-0.2, 0) is 4.79 Å². The van der Waals surface area contributed by atoms with Crippen molar-refractivity contribution >= 4 is 5.91 Å². The number of hydrogen-bond donors (Lipinski definition) is 0. The average molecular weight is 342 g/mol. The Balaban J connectivity index is 2.25. The maximum absolute atomic E-state index is 12.2. The summed E-state index contributed by atoms with van der Waals surface area (Å²) < 4.78 is 42.1. The van der Waals surface area contributed by atoms with Crippen molar-refractivity contribution in [3.63, 3.8) is 0 Å². The number of unbranched alkanes of at least 4 members (excludes halogenated alkanes) is 1. The summed E-state index contributed by atoms with van der Waals surface area (Å²) in [5.74, 6) is 0.314. The number of carbonyl (C=O) groups excluding carboxylic acids is 1. The van der Waals surface area contributed by atoms with Crippen molar-refractivity contribution in [3.8, 4) is 11.8 Å². The van der Waals surface area contributed by atoms with Crippen LogP contribution in [0.2, 0.25) is 0 Å². The van der Waals surface area contributed by atoms with E-state index in [9.17, 15) is 18.0 Å². The molecule has 132 valence electrons. The summed E-state index contributed by atoms with van der Waals surface area (Å²) in [7, 11) is 0. The summed E-state index contributed by atoms with van der Waals surface area (Å²) >= 11 is 0. The van der Waals surface area contributed by atoms with Crippen LogP contribution in [0.3, 0.4) is 0 Å². The van der Waals surface area contributed by atoms with E-state index in [-0.39, 0.29) is 25.4 Å². The van der Waals surface area contributed by atoms with Crippen molar-refractivity contribution in [2.24, 2.45) is 0 Å². The second-order valence-electron chi connectivity index (χ2n) is 5.28. The molecule has 1 aromatic rings. The van der Waals surface area contributed by atoms with Gasteiger partial charge in [0.1, 0.15) is 5.75 Å². The topological polar surface area (TPSA) is 53.3 Å². The van der Waals surface area contributed by atoms with E-state index < -0.39 is 12.6 Å². The molecule has 0 saturated carbocycles. The Labute approximate surface area is 139 Å². The summed E-state index contributed by atoms with van der Waals surface area (Å²) in [4.78, 5) is 13.1. The third-order valence-corrected chi connectivity index (χ3v) is 3.42. The minimum absolute atomic E-state index is 0.202. The monoisotopic (exact) mass is 342 g/mol. The Hall–Kier alpha value is -2.23. The number of amides is 1. The quantitative estimate of drug-likeness (QED) is 0.640. The zero-order valence-corrected chi connectivity index (χ0v) is 13.6. The van der Waals surface area contributed by atoms with Gasteiger partial charge in [-0.3, -0.25) is 4.79 Å². The lowest BCUT2D eigenvalue weighted by Gasteiger charge is -2.21. The number of halogens is 3. The Morgan fingerprint density at radius 2 is 2.08 bits per heavy atom. The van der Waals surface area contributed by atoms with Crippen molar-refractivity contribution in [2.75, 3.05) is 19.7 Å². The van der Waals surface area contributed by atoms with Crippen LogP contribution in [0.4, 0.5) is 13.2 Å². The number of hydrogen-bond acceptors (Lipinski definition) is 3. The third-order valence-electron chi connectivity index (χ3n) is 3.42. The molecule has 0 atom stereocenters. The lowest BCUT2D eigenvalue weighted by molar-refractivity contribution is -0.145. The molecule has 1 rings (SSSR count). The molecule has 7 heteroatoms. The number of alkyl halides is 3. The number of benzene rings is 1. The van der Waals surface area contributed by atoms with Crippen LogP contribution >= 0.6 is 0 Å². The van der Waals surface area contributed by atoms with Crippen LogP contribution < -0.4 is 4.74 Å². The zero-order valence-electron chi connectivity index (χ0n) is 13.6. The predicted molar refractivity (Wildman–Crippen MR) is 83.4 cm³/mol. The molecule has 0 saturated heterocycles. The predicted octanol–water partition coefficient (Wildman–Crippen LogP) is 3.91. The molecule has 0 aliphatic heterocycles. The molecular formula is C17H21F3N2O2. The normalized spacial score (nSPS) is 11.0. The summed E-state index contributed by atoms with van der Waals surface area (Å²) in [6.07, 6.45) is -3.88. The Morgan fingerprint density at radius 1 is 1.33 bits per heavy atom. The van der Waals surface area contributed by atoms with Gasteiger partial charge in [0.15, 0.2) is 0 Å². The zero-order chi connectivity index (χ0) is 18.0. The molecule has 0 bridgehead atoms. The molecule has 24 heavy (non-hydrogen) atoms. The average Bonchev–Trinajstić information content (AvgIpc) is 2.54. The maximum Gasteiger partial charge on any atom is 0.390 e. The largest absolute Gasteiger partial charge is 0.494 e. The number of nitriles is 1. The highest BCUT2D eigenvalue weighted by molar-refractivity contribution is 5.76. The fourth-order valence-electron chi connectivity index (χ4n) is 2.10. The summed E-state index contributed by atoms with van der Waals surface area (Å²) in [6, 6.07) is 8.77. The van der Waals surface area contributed by atoms with Gasteiger partial charge in [-0.15, -0.1) is 0 Å². The molecule has 0 fully saturated rings. The molecule has 0 N–H and O–H groups in total. The summed E-state index contributed by atoms with van der Waals surface area (Å²) in [6.45, 7) is 2.03. The Morgan fingerprint density at radius 3 is 2.71 bits per heavy atom. The third kappa shape index (κ3) is 7.86. The molecule has 0 aromatic heterocycles. The molecule has 0 aliphatic rings. The Kier molecular flexibility index (Phi) is 8.10. The van der Waals surface area contributed by atoms with Gasteiger partial charge in [0.25, 0.3) is 0 Å². The Bertz CT molecular complexity index is 568. The minimum atomic E-state index is -4.25. The van der Waals surface area contributed by atoms with Crippen LogP contribution in [0.1, 0.15) is 38.2 Å². The highest BCUT2D eigenvalue weighted by Crippen LogP contribution is 2.20. The lowest BCUT2D eigenvalue weighted by atomic mass is 10.2. The molecule has 1 aromatic carbocycles. The van der Waals surface area contributed by atoms with Gasteiger partial charge in [0, 0.05) is 19.5 Å². The van der Waals surface area contributed by atoms with Gasteiger partial charge in [-0.25, -0.2) is 0 Å². The van der Waals surface area contributed by atoms with E-state index in [1.54, 1.807) is 31.2 Å². The molecule has 4 nitrogen and oxygen atoms in total. The van der Waals surface area contributed by atoms with Crippen molar-refractivity contribution in [2.45, 2.75) is 38.8 Å². The molecule has 0 heterocycles. The van der Waals surface area contributed by atoms with E-state index >= 15 is 0 Å². The number of rotatable bonds is 9. The second kappa shape index (κ2) is 9.81. The smallest absolute Gasteiger partial charge is 0.390 e. The van der Waals surface area contributed by atoms with Crippen molar-refractivity contribution in [3.05, 3.63) is 29.8 Å². The van der Waals surface area contributed by atoms with Gasteiger partial charge in [0.2, 0.25) is 5.91 Å². The second-order valence-corrected chi connectivity index (χ2v) is 5.28. The van der Waals surface area contributed by atoms with Crippen LogP contribution in [0.5, 0.6) is 5.75 Å². The van der Waals surface area contributed by atoms with E-state index in [1.165, 1.54) is 4.90 Å². The number of ether oxygens (including phenoxy) is 1. The van der Waals surface area contributed by atoms with Gasteiger partial charge < -0.3 is 9.64 Å².